The number of carbonyl (C=O) groups excluding carboxylic acids is 3. The highest BCUT2D eigenvalue weighted by atomic mass is 16.6. The van der Waals surface area contributed by atoms with Crippen LogP contribution in [0.4, 0.5) is 9.59 Å². The number of aromatic nitrogens is 2. The van der Waals surface area contributed by atoms with E-state index in [1.165, 1.54) is 0 Å². The fourth-order valence-corrected chi connectivity index (χ4v) is 4.20. The topological polar surface area (TPSA) is 102 Å². The van der Waals surface area contributed by atoms with E-state index in [4.69, 9.17) is 9.47 Å². The Bertz CT molecular complexity index is 1390. The number of benzene rings is 2. The first kappa shape index (κ1) is 23.1. The molecule has 0 fully saturated rings. The van der Waals surface area contributed by atoms with Gasteiger partial charge in [-0.1, -0.05) is 66.7 Å². The molecule has 1 aliphatic carbocycles. The molecule has 4 aromatic rings. The number of pyridine rings is 1. The summed E-state index contributed by atoms with van der Waals surface area (Å²) in [4.78, 5) is 39.4. The molecule has 9 nitrogen and oxygen atoms in total. The van der Waals surface area contributed by atoms with Gasteiger partial charge in [-0.05, 0) is 36.1 Å². The molecule has 2 aromatic heterocycles. The number of hydrogen-bond donors (Lipinski definition) is 1. The summed E-state index contributed by atoms with van der Waals surface area (Å²) in [5.41, 5.74) is 5.75. The van der Waals surface area contributed by atoms with Gasteiger partial charge in [0.1, 0.15) is 19.3 Å². The van der Waals surface area contributed by atoms with Crippen LogP contribution >= 0.6 is 0 Å². The molecule has 2 amide bonds. The number of ketones is 1. The molecule has 0 bridgehead atoms. The van der Waals surface area contributed by atoms with Crippen LogP contribution < -0.4 is 5.43 Å². The molecule has 2 heterocycles. The predicted molar refractivity (Wildman–Crippen MR) is 130 cm³/mol. The second-order valence-corrected chi connectivity index (χ2v) is 8.35. The number of rotatable bonds is 5. The van der Waals surface area contributed by atoms with Gasteiger partial charge in [0.25, 0.3) is 0 Å². The SMILES string of the molecule is O=C(NN(C(=O)OCc1ccccc1)C1CCc2nn3ccccc3c2C1=O)OCc1ccccc1. The molecule has 1 atom stereocenters. The Morgan fingerprint density at radius 1 is 0.917 bits per heavy atom. The van der Waals surface area contributed by atoms with Crippen molar-refractivity contribution in [1.82, 2.24) is 20.0 Å². The van der Waals surface area contributed by atoms with Crippen molar-refractivity contribution in [2.75, 3.05) is 0 Å². The maximum absolute atomic E-state index is 13.6. The molecule has 0 radical (unpaired) electrons. The number of fused-ring (bicyclic) bond motifs is 3. The average molecular weight is 485 g/mol. The molecule has 1 unspecified atom stereocenters. The Morgan fingerprint density at radius 2 is 1.56 bits per heavy atom. The number of Topliss-reactive ketones (excluding diaryl/α,β-unsaturated/α-hetero) is 1. The maximum atomic E-state index is 13.6. The van der Waals surface area contributed by atoms with Gasteiger partial charge < -0.3 is 9.47 Å². The van der Waals surface area contributed by atoms with Gasteiger partial charge in [0.2, 0.25) is 0 Å². The third kappa shape index (κ3) is 4.90. The maximum Gasteiger partial charge on any atom is 0.429 e. The van der Waals surface area contributed by atoms with E-state index in [1.807, 2.05) is 72.8 Å². The first-order valence-corrected chi connectivity index (χ1v) is 11.6. The van der Waals surface area contributed by atoms with E-state index < -0.39 is 18.2 Å². The Labute approximate surface area is 207 Å². The highest BCUT2D eigenvalue weighted by Gasteiger charge is 2.39. The highest BCUT2D eigenvalue weighted by molar-refractivity contribution is 6.08. The van der Waals surface area contributed by atoms with Crippen LogP contribution in [0.15, 0.2) is 85.1 Å². The Balaban J connectivity index is 1.36. The minimum absolute atomic E-state index is 0.0103. The number of amides is 2. The van der Waals surface area contributed by atoms with Crippen molar-refractivity contribution in [3.8, 4) is 0 Å². The van der Waals surface area contributed by atoms with E-state index in [1.54, 1.807) is 16.8 Å². The molecule has 2 aromatic carbocycles. The molecule has 5 rings (SSSR count). The number of nitrogens with zero attached hydrogens (tertiary/aromatic N) is 3. The van der Waals surface area contributed by atoms with E-state index in [0.29, 0.717) is 23.2 Å². The second-order valence-electron chi connectivity index (χ2n) is 8.35. The van der Waals surface area contributed by atoms with Gasteiger partial charge in [0.15, 0.2) is 5.78 Å². The van der Waals surface area contributed by atoms with Crippen molar-refractivity contribution in [2.24, 2.45) is 0 Å². The molecular weight excluding hydrogens is 460 g/mol. The van der Waals surface area contributed by atoms with Crippen LogP contribution in [0.2, 0.25) is 0 Å². The van der Waals surface area contributed by atoms with Crippen LogP contribution in [-0.4, -0.2) is 38.6 Å². The van der Waals surface area contributed by atoms with Crippen molar-refractivity contribution in [3.05, 3.63) is 107 Å². The van der Waals surface area contributed by atoms with Crippen LogP contribution in [-0.2, 0) is 29.1 Å². The van der Waals surface area contributed by atoms with Crippen LogP contribution in [0, 0.1) is 0 Å². The Kier molecular flexibility index (Phi) is 6.61. The van der Waals surface area contributed by atoms with Crippen molar-refractivity contribution in [2.45, 2.75) is 32.1 Å². The van der Waals surface area contributed by atoms with E-state index >= 15 is 0 Å². The molecule has 182 valence electrons. The first-order valence-electron chi connectivity index (χ1n) is 11.6. The van der Waals surface area contributed by atoms with Gasteiger partial charge in [-0.2, -0.15) is 5.10 Å². The molecule has 1 N–H and O–H groups in total. The second kappa shape index (κ2) is 10.3. The molecule has 0 saturated carbocycles. The molecule has 1 aliphatic rings. The fourth-order valence-electron chi connectivity index (χ4n) is 4.20. The zero-order chi connectivity index (χ0) is 24.9. The molecule has 9 heteroatoms. The van der Waals surface area contributed by atoms with Crippen molar-refractivity contribution in [3.63, 3.8) is 0 Å². The third-order valence-corrected chi connectivity index (χ3v) is 5.95. The van der Waals surface area contributed by atoms with Gasteiger partial charge >= 0.3 is 12.2 Å². The quantitative estimate of drug-likeness (QED) is 0.424. The zero-order valence-corrected chi connectivity index (χ0v) is 19.4. The minimum atomic E-state index is -0.974. The highest BCUT2D eigenvalue weighted by Crippen LogP contribution is 2.27. The minimum Gasteiger partial charge on any atom is -0.443 e. The summed E-state index contributed by atoms with van der Waals surface area (Å²) in [6, 6.07) is 22.8. The van der Waals surface area contributed by atoms with Crippen molar-refractivity contribution < 1.29 is 23.9 Å². The van der Waals surface area contributed by atoms with Gasteiger partial charge in [-0.15, -0.1) is 0 Å². The van der Waals surface area contributed by atoms with Gasteiger partial charge in [0.05, 0.1) is 16.8 Å². The Hall–Kier alpha value is -4.66. The summed E-state index contributed by atoms with van der Waals surface area (Å²) in [5, 5.41) is 5.43. The van der Waals surface area contributed by atoms with E-state index in [-0.39, 0.29) is 25.4 Å². The van der Waals surface area contributed by atoms with Gasteiger partial charge in [-0.25, -0.2) is 24.5 Å². The number of carbonyl (C=O) groups is 3. The van der Waals surface area contributed by atoms with Crippen LogP contribution in [0.5, 0.6) is 0 Å². The number of ether oxygens (including phenoxy) is 2. The molecule has 36 heavy (non-hydrogen) atoms. The summed E-state index contributed by atoms with van der Waals surface area (Å²) < 4.78 is 12.4. The third-order valence-electron chi connectivity index (χ3n) is 5.95. The standard InChI is InChI=1S/C27H24N4O5/c32-25-23(15-14-21-24(25)22-13-7-8-16-30(22)28-21)31(27(34)36-18-20-11-5-2-6-12-20)29-26(33)35-17-19-9-3-1-4-10-19/h1-13,16,23H,14-15,17-18H2,(H,29,33). The fraction of sp³-hybridized carbons (Fsp3) is 0.185. The number of nitrogens with one attached hydrogen (secondary N) is 1. The predicted octanol–water partition coefficient (Wildman–Crippen LogP) is 4.31. The monoisotopic (exact) mass is 484 g/mol. The van der Waals surface area contributed by atoms with E-state index in [2.05, 4.69) is 10.5 Å². The first-order chi connectivity index (χ1) is 17.6. The van der Waals surface area contributed by atoms with E-state index in [0.717, 1.165) is 16.1 Å². The van der Waals surface area contributed by atoms with Crippen molar-refractivity contribution >= 4 is 23.5 Å². The number of hydrogen-bond acceptors (Lipinski definition) is 6. The Morgan fingerprint density at radius 3 is 2.25 bits per heavy atom. The van der Waals surface area contributed by atoms with E-state index in [9.17, 15) is 14.4 Å². The molecule has 0 aliphatic heterocycles. The smallest absolute Gasteiger partial charge is 0.429 e. The summed E-state index contributed by atoms with van der Waals surface area (Å²) in [5.74, 6) is -0.322. The lowest BCUT2D eigenvalue weighted by Crippen LogP contribution is -2.56. The normalized spacial score (nSPS) is 14.7. The van der Waals surface area contributed by atoms with Crippen LogP contribution in [0.25, 0.3) is 5.52 Å². The van der Waals surface area contributed by atoms with Crippen LogP contribution in [0.1, 0.15) is 33.6 Å². The van der Waals surface area contributed by atoms with Gasteiger partial charge in [0, 0.05) is 6.20 Å². The van der Waals surface area contributed by atoms with Crippen LogP contribution in [0.3, 0.4) is 0 Å². The number of aryl methyl sites for hydroxylation is 1. The zero-order valence-electron chi connectivity index (χ0n) is 19.4. The number of hydrazine groups is 1. The average Bonchev–Trinajstić information content (AvgIpc) is 3.30. The lowest BCUT2D eigenvalue weighted by atomic mass is 9.90. The molecular formula is C27H24N4O5. The van der Waals surface area contributed by atoms with Crippen molar-refractivity contribution in [1.29, 1.82) is 0 Å². The van der Waals surface area contributed by atoms with Gasteiger partial charge in [-0.3, -0.25) is 4.79 Å². The summed E-state index contributed by atoms with van der Waals surface area (Å²) in [7, 11) is 0. The lowest BCUT2D eigenvalue weighted by Gasteiger charge is -2.31. The largest absolute Gasteiger partial charge is 0.443 e. The summed E-state index contributed by atoms with van der Waals surface area (Å²) in [6.07, 6.45) is 0.773. The summed E-state index contributed by atoms with van der Waals surface area (Å²) in [6.45, 7) is -0.00379. The molecule has 0 saturated heterocycles. The molecule has 0 spiro atoms. The summed E-state index contributed by atoms with van der Waals surface area (Å²) >= 11 is 0. The lowest BCUT2D eigenvalue weighted by molar-refractivity contribution is 0.0396.